The van der Waals surface area contributed by atoms with Crippen LogP contribution in [-0.4, -0.2) is 40.0 Å². The van der Waals surface area contributed by atoms with Crippen LogP contribution in [0.2, 0.25) is 0 Å². The monoisotopic (exact) mass is 235 g/mol. The van der Waals surface area contributed by atoms with Crippen molar-refractivity contribution in [2.75, 3.05) is 13.2 Å². The summed E-state index contributed by atoms with van der Waals surface area (Å²) < 4.78 is 7.78. The molecule has 1 aromatic heterocycles. The molecule has 0 aromatic carbocycles. The summed E-state index contributed by atoms with van der Waals surface area (Å²) in [7, 11) is 1.97. The first-order chi connectivity index (χ1) is 8.28. The van der Waals surface area contributed by atoms with E-state index in [1.165, 1.54) is 24.9 Å². The van der Waals surface area contributed by atoms with E-state index in [-0.39, 0.29) is 0 Å². The van der Waals surface area contributed by atoms with Crippen molar-refractivity contribution in [2.24, 2.45) is 13.0 Å². The third-order valence-corrected chi connectivity index (χ3v) is 4.12. The molecule has 17 heavy (non-hydrogen) atoms. The number of ether oxygens (including phenoxy) is 1. The number of hydrogen-bond donors (Lipinski definition) is 0. The van der Waals surface area contributed by atoms with Gasteiger partial charge in [0.15, 0.2) is 0 Å². The Hall–Kier alpha value is -0.870. The third-order valence-electron chi connectivity index (χ3n) is 4.12. The highest BCUT2D eigenvalue weighted by atomic mass is 16.5. The lowest BCUT2D eigenvalue weighted by atomic mass is 10.1. The van der Waals surface area contributed by atoms with Gasteiger partial charge < -0.3 is 4.74 Å². The number of aryl methyl sites for hydroxylation is 1. The Balaban J connectivity index is 1.66. The molecule has 3 unspecified atom stereocenters. The molecule has 2 aliphatic rings. The maximum atomic E-state index is 5.90. The van der Waals surface area contributed by atoms with Crippen molar-refractivity contribution in [3.63, 3.8) is 0 Å². The predicted molar refractivity (Wildman–Crippen MR) is 65.5 cm³/mol. The van der Waals surface area contributed by atoms with E-state index >= 15 is 0 Å². The van der Waals surface area contributed by atoms with Crippen LogP contribution in [-0.2, 0) is 18.3 Å². The topological polar surface area (TPSA) is 30.3 Å². The fourth-order valence-corrected chi connectivity index (χ4v) is 3.46. The standard InChI is InChI=1S/C13H21N3O/c1-3-17-13-11-4-5-12(13)16(9-11)8-10-6-14-15(2)7-10/h6-7,11-13H,3-5,8-9H2,1-2H3. The van der Waals surface area contributed by atoms with Gasteiger partial charge in [0.25, 0.3) is 0 Å². The van der Waals surface area contributed by atoms with Gasteiger partial charge in [0, 0.05) is 44.5 Å². The quantitative estimate of drug-likeness (QED) is 0.790. The molecule has 2 bridgehead atoms. The molecule has 0 radical (unpaired) electrons. The summed E-state index contributed by atoms with van der Waals surface area (Å²) in [6.45, 7) is 5.17. The van der Waals surface area contributed by atoms with Gasteiger partial charge in [0.2, 0.25) is 0 Å². The van der Waals surface area contributed by atoms with Crippen LogP contribution in [0.5, 0.6) is 0 Å². The lowest BCUT2D eigenvalue weighted by molar-refractivity contribution is 0.0350. The normalized spacial score (nSPS) is 32.5. The molecule has 1 aliphatic carbocycles. The second kappa shape index (κ2) is 4.42. The van der Waals surface area contributed by atoms with Crippen LogP contribution in [0.4, 0.5) is 0 Å². The van der Waals surface area contributed by atoms with Crippen molar-refractivity contribution < 1.29 is 4.74 Å². The third kappa shape index (κ3) is 2.00. The molecule has 1 saturated heterocycles. The molecule has 0 spiro atoms. The number of rotatable bonds is 4. The minimum atomic E-state index is 0.483. The van der Waals surface area contributed by atoms with Gasteiger partial charge in [0.1, 0.15) is 0 Å². The van der Waals surface area contributed by atoms with Crippen LogP contribution < -0.4 is 0 Å². The van der Waals surface area contributed by atoms with Gasteiger partial charge in [-0.2, -0.15) is 5.10 Å². The van der Waals surface area contributed by atoms with Crippen molar-refractivity contribution in [1.82, 2.24) is 14.7 Å². The summed E-state index contributed by atoms with van der Waals surface area (Å²) in [5.74, 6) is 0.761. The van der Waals surface area contributed by atoms with Gasteiger partial charge in [-0.05, 0) is 25.7 Å². The summed E-state index contributed by atoms with van der Waals surface area (Å²) in [5.41, 5.74) is 1.32. The SMILES string of the molecule is CCOC1C2CCC1N(Cc1cnn(C)c1)C2. The number of piperidine rings is 1. The molecule has 0 amide bonds. The minimum Gasteiger partial charge on any atom is -0.377 e. The van der Waals surface area contributed by atoms with Crippen LogP contribution >= 0.6 is 0 Å². The Morgan fingerprint density at radius 1 is 1.47 bits per heavy atom. The Morgan fingerprint density at radius 2 is 2.35 bits per heavy atom. The summed E-state index contributed by atoms with van der Waals surface area (Å²) in [5, 5.41) is 4.23. The molecule has 1 aromatic rings. The van der Waals surface area contributed by atoms with E-state index in [1.54, 1.807) is 0 Å². The Kier molecular flexibility index (Phi) is 2.92. The van der Waals surface area contributed by atoms with Gasteiger partial charge in [-0.15, -0.1) is 0 Å². The summed E-state index contributed by atoms with van der Waals surface area (Å²) >= 11 is 0. The van der Waals surface area contributed by atoms with E-state index in [0.29, 0.717) is 12.1 Å². The van der Waals surface area contributed by atoms with Gasteiger partial charge in [0.05, 0.1) is 12.3 Å². The molecule has 4 heteroatoms. The molecule has 0 N–H and O–H groups in total. The molecule has 1 aliphatic heterocycles. The zero-order chi connectivity index (χ0) is 11.8. The highest BCUT2D eigenvalue weighted by molar-refractivity contribution is 5.08. The van der Waals surface area contributed by atoms with Gasteiger partial charge in [-0.1, -0.05) is 0 Å². The average molecular weight is 235 g/mol. The van der Waals surface area contributed by atoms with Gasteiger partial charge >= 0.3 is 0 Å². The van der Waals surface area contributed by atoms with E-state index in [9.17, 15) is 0 Å². The molecule has 4 nitrogen and oxygen atoms in total. The minimum absolute atomic E-state index is 0.483. The lowest BCUT2D eigenvalue weighted by Crippen LogP contribution is -2.34. The fourth-order valence-electron chi connectivity index (χ4n) is 3.46. The zero-order valence-electron chi connectivity index (χ0n) is 10.7. The second-order valence-electron chi connectivity index (χ2n) is 5.28. The lowest BCUT2D eigenvalue weighted by Gasteiger charge is -2.26. The number of fused-ring (bicyclic) bond motifs is 2. The molecule has 3 rings (SSSR count). The number of aromatic nitrogens is 2. The van der Waals surface area contributed by atoms with Crippen LogP contribution in [0.15, 0.2) is 12.4 Å². The summed E-state index contributed by atoms with van der Waals surface area (Å²) in [6.07, 6.45) is 7.22. The Morgan fingerprint density at radius 3 is 3.06 bits per heavy atom. The Labute approximate surface area is 103 Å². The fraction of sp³-hybridized carbons (Fsp3) is 0.769. The predicted octanol–water partition coefficient (Wildman–Crippen LogP) is 1.42. The van der Waals surface area contributed by atoms with Gasteiger partial charge in [-0.3, -0.25) is 9.58 Å². The number of hydrogen-bond acceptors (Lipinski definition) is 3. The smallest absolute Gasteiger partial charge is 0.0770 e. The van der Waals surface area contributed by atoms with E-state index in [4.69, 9.17) is 4.74 Å². The van der Waals surface area contributed by atoms with E-state index in [2.05, 4.69) is 23.1 Å². The van der Waals surface area contributed by atoms with Crippen molar-refractivity contribution in [1.29, 1.82) is 0 Å². The first-order valence-electron chi connectivity index (χ1n) is 6.61. The van der Waals surface area contributed by atoms with Crippen molar-refractivity contribution >= 4 is 0 Å². The van der Waals surface area contributed by atoms with E-state index < -0.39 is 0 Å². The molecule has 2 fully saturated rings. The molecule has 1 saturated carbocycles. The van der Waals surface area contributed by atoms with Crippen LogP contribution in [0.3, 0.4) is 0 Å². The number of nitrogens with zero attached hydrogens (tertiary/aromatic N) is 3. The largest absolute Gasteiger partial charge is 0.377 e. The summed E-state index contributed by atoms with van der Waals surface area (Å²) in [4.78, 5) is 2.57. The summed E-state index contributed by atoms with van der Waals surface area (Å²) in [6, 6.07) is 0.639. The second-order valence-corrected chi connectivity index (χ2v) is 5.28. The molecular weight excluding hydrogens is 214 g/mol. The highest BCUT2D eigenvalue weighted by Gasteiger charge is 2.47. The average Bonchev–Trinajstić information content (AvgIpc) is 2.96. The molecular formula is C13H21N3O. The number of likely N-dealkylation sites (tertiary alicyclic amines) is 1. The molecule has 2 heterocycles. The maximum Gasteiger partial charge on any atom is 0.0770 e. The van der Waals surface area contributed by atoms with Crippen molar-refractivity contribution in [3.8, 4) is 0 Å². The van der Waals surface area contributed by atoms with Crippen molar-refractivity contribution in [3.05, 3.63) is 18.0 Å². The first-order valence-corrected chi connectivity index (χ1v) is 6.61. The van der Waals surface area contributed by atoms with Crippen LogP contribution in [0.25, 0.3) is 0 Å². The van der Waals surface area contributed by atoms with Gasteiger partial charge in [-0.25, -0.2) is 0 Å². The highest BCUT2D eigenvalue weighted by Crippen LogP contribution is 2.40. The molecule has 3 atom stereocenters. The first kappa shape index (κ1) is 11.2. The zero-order valence-corrected chi connectivity index (χ0v) is 10.7. The molecule has 94 valence electrons. The van der Waals surface area contributed by atoms with Crippen LogP contribution in [0, 0.1) is 5.92 Å². The maximum absolute atomic E-state index is 5.90. The Bertz CT molecular complexity index is 390. The van der Waals surface area contributed by atoms with Crippen molar-refractivity contribution in [2.45, 2.75) is 38.5 Å². The van der Waals surface area contributed by atoms with Crippen LogP contribution in [0.1, 0.15) is 25.3 Å². The van der Waals surface area contributed by atoms with E-state index in [0.717, 1.165) is 19.1 Å². The van der Waals surface area contributed by atoms with E-state index in [1.807, 2.05) is 17.9 Å².